The lowest BCUT2D eigenvalue weighted by molar-refractivity contribution is 0.0842. The van der Waals surface area contributed by atoms with Crippen molar-refractivity contribution < 1.29 is 5.11 Å². The van der Waals surface area contributed by atoms with E-state index >= 15 is 0 Å². The fourth-order valence-electron chi connectivity index (χ4n) is 3.76. The molecule has 2 rings (SSSR count). The van der Waals surface area contributed by atoms with Crippen molar-refractivity contribution in [2.45, 2.75) is 63.6 Å². The molecular formula is C17H35N3O. The highest BCUT2D eigenvalue weighted by Gasteiger charge is 2.34. The van der Waals surface area contributed by atoms with Gasteiger partial charge in [-0.3, -0.25) is 0 Å². The van der Waals surface area contributed by atoms with Crippen LogP contribution in [0.1, 0.15) is 46.0 Å². The van der Waals surface area contributed by atoms with Crippen LogP contribution in [0.25, 0.3) is 0 Å². The Balaban J connectivity index is 1.76. The Hall–Kier alpha value is -0.160. The molecule has 0 amide bonds. The van der Waals surface area contributed by atoms with E-state index in [-0.39, 0.29) is 12.1 Å². The molecule has 21 heavy (non-hydrogen) atoms. The van der Waals surface area contributed by atoms with Gasteiger partial charge in [0.05, 0.1) is 6.61 Å². The van der Waals surface area contributed by atoms with Crippen LogP contribution in [0.15, 0.2) is 0 Å². The van der Waals surface area contributed by atoms with Gasteiger partial charge >= 0.3 is 0 Å². The maximum Gasteiger partial charge on any atom is 0.0611 e. The van der Waals surface area contributed by atoms with Crippen molar-refractivity contribution in [3.63, 3.8) is 0 Å². The average molecular weight is 297 g/mol. The molecule has 124 valence electrons. The molecule has 4 heteroatoms. The Morgan fingerprint density at radius 2 is 1.86 bits per heavy atom. The smallest absolute Gasteiger partial charge is 0.0611 e. The molecule has 2 fully saturated rings. The molecule has 1 aliphatic heterocycles. The first-order chi connectivity index (χ1) is 9.92. The van der Waals surface area contributed by atoms with Crippen molar-refractivity contribution in [2.24, 2.45) is 5.92 Å². The highest BCUT2D eigenvalue weighted by molar-refractivity contribution is 4.95. The van der Waals surface area contributed by atoms with Gasteiger partial charge in [-0.25, -0.2) is 0 Å². The van der Waals surface area contributed by atoms with Crippen LogP contribution in [0.2, 0.25) is 0 Å². The van der Waals surface area contributed by atoms with E-state index in [0.717, 1.165) is 12.3 Å². The van der Waals surface area contributed by atoms with Crippen molar-refractivity contribution in [3.8, 4) is 0 Å². The van der Waals surface area contributed by atoms with Gasteiger partial charge in [-0.1, -0.05) is 0 Å². The number of nitrogens with zero attached hydrogens (tertiary/aromatic N) is 2. The van der Waals surface area contributed by atoms with Gasteiger partial charge in [-0.2, -0.15) is 0 Å². The zero-order chi connectivity index (χ0) is 15.5. The van der Waals surface area contributed by atoms with Gasteiger partial charge in [0.1, 0.15) is 0 Å². The first-order valence-corrected chi connectivity index (χ1v) is 8.69. The van der Waals surface area contributed by atoms with Crippen molar-refractivity contribution in [1.82, 2.24) is 15.1 Å². The van der Waals surface area contributed by atoms with E-state index in [1.165, 1.54) is 45.3 Å². The van der Waals surface area contributed by atoms with E-state index in [1.54, 1.807) is 0 Å². The van der Waals surface area contributed by atoms with E-state index < -0.39 is 0 Å². The van der Waals surface area contributed by atoms with Gasteiger partial charge in [0.15, 0.2) is 0 Å². The van der Waals surface area contributed by atoms with E-state index in [1.807, 2.05) is 0 Å². The Morgan fingerprint density at radius 3 is 2.33 bits per heavy atom. The maximum atomic E-state index is 9.76. The molecule has 2 aliphatic rings. The minimum Gasteiger partial charge on any atom is -0.394 e. The Labute approximate surface area is 130 Å². The predicted octanol–water partition coefficient (Wildman–Crippen LogP) is 1.54. The number of nitrogens with one attached hydrogen (secondary N) is 1. The summed E-state index contributed by atoms with van der Waals surface area (Å²) in [6, 6.07) is 1.20. The number of piperidine rings is 1. The monoisotopic (exact) mass is 297 g/mol. The summed E-state index contributed by atoms with van der Waals surface area (Å²) in [4.78, 5) is 4.93. The van der Waals surface area contributed by atoms with E-state index in [0.29, 0.717) is 12.1 Å². The number of rotatable bonds is 8. The molecule has 0 radical (unpaired) electrons. The number of aliphatic hydroxyl groups is 1. The lowest BCUT2D eigenvalue weighted by Crippen LogP contribution is -2.52. The predicted molar refractivity (Wildman–Crippen MR) is 88.6 cm³/mol. The van der Waals surface area contributed by atoms with Gasteiger partial charge in [0.2, 0.25) is 0 Å². The van der Waals surface area contributed by atoms with Crippen LogP contribution >= 0.6 is 0 Å². The van der Waals surface area contributed by atoms with Gasteiger partial charge in [-0.05, 0) is 79.1 Å². The Kier molecular flexibility index (Phi) is 6.06. The molecule has 1 saturated carbocycles. The Morgan fingerprint density at radius 1 is 1.24 bits per heavy atom. The highest BCUT2D eigenvalue weighted by atomic mass is 16.3. The second-order valence-corrected chi connectivity index (χ2v) is 7.93. The maximum absolute atomic E-state index is 9.76. The van der Waals surface area contributed by atoms with E-state index in [9.17, 15) is 5.11 Å². The lowest BCUT2D eigenvalue weighted by atomic mass is 9.90. The molecule has 2 unspecified atom stereocenters. The van der Waals surface area contributed by atoms with Crippen LogP contribution < -0.4 is 5.32 Å². The summed E-state index contributed by atoms with van der Waals surface area (Å²) in [6.07, 6.45) is 6.22. The SMILES string of the molecule is CC(CC(C)(CO)NC1CC1)N1CCC(CN(C)C)CC1. The van der Waals surface area contributed by atoms with Gasteiger partial charge in [-0.15, -0.1) is 0 Å². The minimum absolute atomic E-state index is 0.110. The quantitative estimate of drug-likeness (QED) is 0.713. The van der Waals surface area contributed by atoms with Gasteiger partial charge < -0.3 is 20.2 Å². The molecule has 0 bridgehead atoms. The highest BCUT2D eigenvalue weighted by Crippen LogP contribution is 2.27. The summed E-state index contributed by atoms with van der Waals surface area (Å²) >= 11 is 0. The van der Waals surface area contributed by atoms with Crippen molar-refractivity contribution in [3.05, 3.63) is 0 Å². The minimum atomic E-state index is -0.110. The van der Waals surface area contributed by atoms with Crippen molar-refractivity contribution in [2.75, 3.05) is 40.3 Å². The molecular weight excluding hydrogens is 262 g/mol. The molecule has 2 atom stereocenters. The average Bonchev–Trinajstić information content (AvgIpc) is 3.22. The number of hydrogen-bond acceptors (Lipinski definition) is 4. The fourth-order valence-corrected chi connectivity index (χ4v) is 3.76. The molecule has 0 aromatic heterocycles. The summed E-state index contributed by atoms with van der Waals surface area (Å²) in [5.74, 6) is 0.859. The molecule has 0 aromatic rings. The first-order valence-electron chi connectivity index (χ1n) is 8.69. The van der Waals surface area contributed by atoms with Gasteiger partial charge in [0, 0.05) is 24.2 Å². The topological polar surface area (TPSA) is 38.7 Å². The van der Waals surface area contributed by atoms with Crippen molar-refractivity contribution in [1.29, 1.82) is 0 Å². The van der Waals surface area contributed by atoms with Crippen LogP contribution in [0.5, 0.6) is 0 Å². The zero-order valence-electron chi connectivity index (χ0n) is 14.4. The fraction of sp³-hybridized carbons (Fsp3) is 1.00. The molecule has 2 N–H and O–H groups in total. The third-order valence-electron chi connectivity index (χ3n) is 5.12. The van der Waals surface area contributed by atoms with Gasteiger partial charge in [0.25, 0.3) is 0 Å². The third kappa shape index (κ3) is 5.51. The summed E-state index contributed by atoms with van der Waals surface area (Å²) in [5.41, 5.74) is -0.110. The number of aliphatic hydroxyl groups excluding tert-OH is 1. The van der Waals surface area contributed by atoms with E-state index in [2.05, 4.69) is 43.1 Å². The first kappa shape index (κ1) is 17.2. The van der Waals surface area contributed by atoms with Crippen molar-refractivity contribution >= 4 is 0 Å². The summed E-state index contributed by atoms with van der Waals surface area (Å²) in [6.45, 7) is 8.40. The number of likely N-dealkylation sites (tertiary alicyclic amines) is 1. The molecule has 1 saturated heterocycles. The zero-order valence-corrected chi connectivity index (χ0v) is 14.4. The molecule has 0 aromatic carbocycles. The normalized spacial score (nSPS) is 26.0. The molecule has 0 spiro atoms. The largest absolute Gasteiger partial charge is 0.394 e. The molecule has 1 aliphatic carbocycles. The van der Waals surface area contributed by atoms with Crippen LogP contribution in [-0.4, -0.2) is 72.9 Å². The molecule has 1 heterocycles. The molecule has 4 nitrogen and oxygen atoms in total. The second kappa shape index (κ2) is 7.40. The van der Waals surface area contributed by atoms with Crippen LogP contribution in [-0.2, 0) is 0 Å². The Bertz CT molecular complexity index is 311. The summed E-state index contributed by atoms with van der Waals surface area (Å²) in [7, 11) is 4.34. The second-order valence-electron chi connectivity index (χ2n) is 7.93. The van der Waals surface area contributed by atoms with Crippen LogP contribution in [0.3, 0.4) is 0 Å². The lowest BCUT2D eigenvalue weighted by Gasteiger charge is -2.40. The van der Waals surface area contributed by atoms with E-state index in [4.69, 9.17) is 0 Å². The standard InChI is InChI=1S/C17H35N3O/c1-14(11-17(2,13-21)18-16-5-6-16)20-9-7-15(8-10-20)12-19(3)4/h14-16,18,21H,5-13H2,1-4H3. The number of hydrogen-bond donors (Lipinski definition) is 2. The van der Waals surface area contributed by atoms with Crippen LogP contribution in [0.4, 0.5) is 0 Å². The third-order valence-corrected chi connectivity index (χ3v) is 5.12. The summed E-state index contributed by atoms with van der Waals surface area (Å²) in [5, 5.41) is 13.4. The summed E-state index contributed by atoms with van der Waals surface area (Å²) < 4.78 is 0. The van der Waals surface area contributed by atoms with Crippen LogP contribution in [0, 0.1) is 5.92 Å².